The number of hydrogen-bond acceptors (Lipinski definition) is 34. The zero-order valence-corrected chi connectivity index (χ0v) is 56.9. The summed E-state index contributed by atoms with van der Waals surface area (Å²) in [4.78, 5) is 213. The van der Waals surface area contributed by atoms with Crippen LogP contribution in [0, 0.1) is 11.8 Å². The number of carbonyl (C=O) groups is 17. The van der Waals surface area contributed by atoms with E-state index in [1.165, 1.54) is 13.8 Å². The van der Waals surface area contributed by atoms with Crippen LogP contribution in [0.25, 0.3) is 0 Å². The molecule has 0 aromatic rings. The van der Waals surface area contributed by atoms with Crippen LogP contribution in [-0.4, -0.2) is 206 Å². The molecule has 0 saturated carbocycles. The molecule has 0 fully saturated rings. The Labute approximate surface area is 548 Å². The summed E-state index contributed by atoms with van der Waals surface area (Å²) in [6.07, 6.45) is -21.6. The number of ether oxygens (including phenoxy) is 17. The highest BCUT2D eigenvalue weighted by Gasteiger charge is 2.37. The van der Waals surface area contributed by atoms with Crippen LogP contribution in [0.15, 0.2) is 0 Å². The van der Waals surface area contributed by atoms with Crippen molar-refractivity contribution >= 4 is 101 Å². The molecule has 0 N–H and O–H groups in total. The van der Waals surface area contributed by atoms with Gasteiger partial charge in [0.15, 0.2) is 91.6 Å². The first kappa shape index (κ1) is 86.0. The van der Waals surface area contributed by atoms with E-state index in [1.54, 1.807) is 13.8 Å². The van der Waals surface area contributed by atoms with Crippen molar-refractivity contribution in [3.05, 3.63) is 0 Å². The molecular formula is C61H90O34. The van der Waals surface area contributed by atoms with E-state index in [2.05, 4.69) is 0 Å². The molecule has 0 radical (unpaired) electrons. The molecule has 0 bridgehead atoms. The first-order valence-corrected chi connectivity index (χ1v) is 30.5. The van der Waals surface area contributed by atoms with Crippen molar-refractivity contribution in [2.45, 2.75) is 262 Å². The maximum atomic E-state index is 12.7. The fraction of sp³-hybridized carbons (Fsp3) is 0.721. The molecule has 0 aromatic carbocycles. The molecule has 0 aliphatic rings. The summed E-state index contributed by atoms with van der Waals surface area (Å²) in [6.45, 7) is 23.4. The number of hydrogen-bond donors (Lipinski definition) is 0. The molecule has 0 aliphatic carbocycles. The number of rotatable bonds is 41. The molecule has 34 heteroatoms. The van der Waals surface area contributed by atoms with Crippen LogP contribution in [0.4, 0.5) is 0 Å². The summed E-state index contributed by atoms with van der Waals surface area (Å²) in [5.74, 6) is -20.1. The lowest BCUT2D eigenvalue weighted by atomic mass is 10.0. The van der Waals surface area contributed by atoms with Gasteiger partial charge in [0.2, 0.25) is 0 Å². The second-order valence-corrected chi connectivity index (χ2v) is 21.7. The highest BCUT2D eigenvalue weighted by atomic mass is 16.7. The minimum atomic E-state index is -1.77. The van der Waals surface area contributed by atoms with E-state index in [0.717, 1.165) is 116 Å². The maximum absolute atomic E-state index is 12.7. The molecule has 0 aromatic heterocycles. The van der Waals surface area contributed by atoms with Gasteiger partial charge in [-0.15, -0.1) is 0 Å². The molecule has 0 rings (SSSR count). The first-order chi connectivity index (χ1) is 44.1. The summed E-state index contributed by atoms with van der Waals surface area (Å²) in [6, 6.07) is 0. The highest BCUT2D eigenvalue weighted by molar-refractivity contribution is 5.90. The standard InChI is InChI=1S/C61H90O34/c1-20-22-24-44(21-2)27-80-47(64)29(5)82-49(66)31(7)84-51(68)33(9)86-53(70)35(11)88-55(72)37(13)90-57(74)39(15)92-59(76)41(17)94-61(78)43(19)95-60(77)42(18)93-58(75)40(16)91-56(73)38(14)89-54(71)36(12)87-52(69)34(10)85-50(67)32(8)83-48(65)30(6)81-45(62)25-23-26-79-46(63)28(3)4/h28-44H,20-27H2,1-19H3. The maximum Gasteiger partial charge on any atom is 0.347 e. The smallest absolute Gasteiger partial charge is 0.347 e. The van der Waals surface area contributed by atoms with Crippen molar-refractivity contribution in [2.24, 2.45) is 11.8 Å². The molecule has 16 unspecified atom stereocenters. The zero-order valence-electron chi connectivity index (χ0n) is 56.9. The second kappa shape index (κ2) is 43.1. The van der Waals surface area contributed by atoms with Crippen molar-refractivity contribution in [2.75, 3.05) is 13.2 Å². The monoisotopic (exact) mass is 1370 g/mol. The van der Waals surface area contributed by atoms with Gasteiger partial charge in [-0.25, -0.2) is 71.9 Å². The molecular weight excluding hydrogens is 1280 g/mol. The predicted octanol–water partition coefficient (Wildman–Crippen LogP) is 2.70. The number of unbranched alkanes of at least 4 members (excludes halogenated alkanes) is 1. The van der Waals surface area contributed by atoms with Crippen LogP contribution < -0.4 is 0 Å². The Bertz CT molecular complexity index is 2680. The number of carbonyl (C=O) groups excluding carboxylic acids is 17. The number of esters is 17. The lowest BCUT2D eigenvalue weighted by molar-refractivity contribution is -0.190. The average Bonchev–Trinajstić information content (AvgIpc) is 1.05. The Morgan fingerprint density at radius 1 is 0.242 bits per heavy atom. The topological polar surface area (TPSA) is 447 Å². The summed E-state index contributed by atoms with van der Waals surface area (Å²) >= 11 is 0. The predicted molar refractivity (Wildman–Crippen MR) is 313 cm³/mol. The van der Waals surface area contributed by atoms with E-state index in [-0.39, 0.29) is 37.9 Å². The minimum absolute atomic E-state index is 0.0565. The van der Waals surface area contributed by atoms with Crippen LogP contribution in [-0.2, 0) is 162 Å². The SMILES string of the molecule is CCCCC(CC)COC(=O)C(C)OC(=O)C(C)OC(=O)C(C)OC(=O)C(C)OC(=O)C(C)OC(=O)C(C)OC(=O)C(C)OC(=O)C(C)OC(=O)C(C)OC(=O)C(C)OC(=O)C(C)OC(=O)C(C)OC(=O)C(C)OC(=O)C(C)OC(=O)C(C)OC(=O)CCCOC(=O)C(C)C. The van der Waals surface area contributed by atoms with Gasteiger partial charge in [-0.05, 0) is 123 Å². The van der Waals surface area contributed by atoms with Crippen molar-refractivity contribution in [1.82, 2.24) is 0 Å². The molecule has 0 heterocycles. The summed E-state index contributed by atoms with van der Waals surface area (Å²) in [7, 11) is 0. The van der Waals surface area contributed by atoms with E-state index >= 15 is 0 Å². The van der Waals surface area contributed by atoms with Crippen molar-refractivity contribution in [3.8, 4) is 0 Å². The molecule has 0 aliphatic heterocycles. The fourth-order valence-corrected chi connectivity index (χ4v) is 6.53. The molecule has 0 amide bonds. The average molecular weight is 1370 g/mol. The molecule has 0 saturated heterocycles. The van der Waals surface area contributed by atoms with Crippen LogP contribution in [0.5, 0.6) is 0 Å². The Kier molecular flexibility index (Phi) is 39.0. The van der Waals surface area contributed by atoms with Crippen LogP contribution in [0.1, 0.15) is 170 Å². The van der Waals surface area contributed by atoms with Gasteiger partial charge in [0.25, 0.3) is 0 Å². The molecule has 34 nitrogen and oxygen atoms in total. The van der Waals surface area contributed by atoms with E-state index in [9.17, 15) is 81.5 Å². The fourth-order valence-electron chi connectivity index (χ4n) is 6.53. The molecule has 16 atom stereocenters. The van der Waals surface area contributed by atoms with Crippen LogP contribution in [0.2, 0.25) is 0 Å². The largest absolute Gasteiger partial charge is 0.465 e. The summed E-state index contributed by atoms with van der Waals surface area (Å²) < 4.78 is 84.7. The van der Waals surface area contributed by atoms with Crippen LogP contribution in [0.3, 0.4) is 0 Å². The lowest BCUT2D eigenvalue weighted by Crippen LogP contribution is -2.40. The normalized spacial score (nSPS) is 16.0. The van der Waals surface area contributed by atoms with Crippen molar-refractivity contribution in [3.63, 3.8) is 0 Å². The molecule has 95 heavy (non-hydrogen) atoms. The van der Waals surface area contributed by atoms with Gasteiger partial charge in [0.1, 0.15) is 0 Å². The van der Waals surface area contributed by atoms with Gasteiger partial charge in [-0.2, -0.15) is 0 Å². The van der Waals surface area contributed by atoms with Gasteiger partial charge in [-0.1, -0.05) is 47.0 Å². The van der Waals surface area contributed by atoms with Gasteiger partial charge < -0.3 is 80.5 Å². The highest BCUT2D eigenvalue weighted by Crippen LogP contribution is 2.16. The quantitative estimate of drug-likeness (QED) is 0.0482. The van der Waals surface area contributed by atoms with Gasteiger partial charge in [0.05, 0.1) is 19.1 Å². The third-order valence-electron chi connectivity index (χ3n) is 12.6. The van der Waals surface area contributed by atoms with Crippen LogP contribution >= 0.6 is 0 Å². The zero-order chi connectivity index (χ0) is 73.3. The van der Waals surface area contributed by atoms with E-state index in [0.29, 0.717) is 0 Å². The Hall–Kier alpha value is -9.01. The lowest BCUT2D eigenvalue weighted by Gasteiger charge is -2.22. The summed E-state index contributed by atoms with van der Waals surface area (Å²) in [5, 5.41) is 0. The van der Waals surface area contributed by atoms with Gasteiger partial charge >= 0.3 is 101 Å². The van der Waals surface area contributed by atoms with Gasteiger partial charge in [-0.3, -0.25) is 9.59 Å². The van der Waals surface area contributed by atoms with E-state index in [1.807, 2.05) is 13.8 Å². The third-order valence-corrected chi connectivity index (χ3v) is 12.6. The van der Waals surface area contributed by atoms with E-state index < -0.39 is 193 Å². The second-order valence-electron chi connectivity index (χ2n) is 21.7. The van der Waals surface area contributed by atoms with Crippen molar-refractivity contribution in [1.29, 1.82) is 0 Å². The Balaban J connectivity index is 4.97. The molecule has 0 spiro atoms. The summed E-state index contributed by atoms with van der Waals surface area (Å²) in [5.41, 5.74) is 0. The first-order valence-electron chi connectivity index (χ1n) is 30.5. The van der Waals surface area contributed by atoms with Gasteiger partial charge in [0, 0.05) is 6.42 Å². The molecule has 538 valence electrons. The Morgan fingerprint density at radius 2 is 0.442 bits per heavy atom. The third kappa shape index (κ3) is 33.1. The van der Waals surface area contributed by atoms with E-state index in [4.69, 9.17) is 80.5 Å². The minimum Gasteiger partial charge on any atom is -0.465 e. The van der Waals surface area contributed by atoms with Crippen molar-refractivity contribution < 1.29 is 162 Å². The Morgan fingerprint density at radius 3 is 0.632 bits per heavy atom.